The van der Waals surface area contributed by atoms with Gasteiger partial charge < -0.3 is 26.0 Å². The summed E-state index contributed by atoms with van der Waals surface area (Å²) in [5.41, 5.74) is 7.47. The molecule has 0 saturated heterocycles. The number of carbonyl (C=O) groups excluding carboxylic acids is 4. The number of halogens is 1. The van der Waals surface area contributed by atoms with Gasteiger partial charge in [0.05, 0.1) is 6.42 Å². The molecule has 9 nitrogen and oxygen atoms in total. The van der Waals surface area contributed by atoms with Crippen molar-refractivity contribution in [2.24, 2.45) is 5.73 Å². The number of amides is 4. The number of carbonyl (C=O) groups is 4. The lowest BCUT2D eigenvalue weighted by Crippen LogP contribution is -2.46. The zero-order chi connectivity index (χ0) is 27.9. The van der Waals surface area contributed by atoms with E-state index in [1.54, 1.807) is 31.3 Å². The Kier molecular flexibility index (Phi) is 13.3. The summed E-state index contributed by atoms with van der Waals surface area (Å²) in [7, 11) is 1.66. The number of hydrogen-bond acceptors (Lipinski definition) is 5. The fraction of sp³-hybridized carbons (Fsp3) is 0.429. The van der Waals surface area contributed by atoms with Crippen LogP contribution in [0.4, 0.5) is 10.5 Å². The molecule has 38 heavy (non-hydrogen) atoms. The van der Waals surface area contributed by atoms with E-state index in [2.05, 4.69) is 33.5 Å². The number of unbranched alkanes of at least 4 members (excludes halogenated alkanes) is 4. The van der Waals surface area contributed by atoms with Crippen molar-refractivity contribution in [1.29, 1.82) is 0 Å². The molecular weight excluding hydrogens is 552 g/mol. The maximum Gasteiger partial charge on any atom is 0.410 e. The lowest BCUT2D eigenvalue weighted by Gasteiger charge is -2.18. The zero-order valence-electron chi connectivity index (χ0n) is 22.0. The van der Waals surface area contributed by atoms with Crippen LogP contribution in [-0.4, -0.2) is 41.8 Å². The molecule has 0 radical (unpaired) electrons. The first kappa shape index (κ1) is 30.8. The summed E-state index contributed by atoms with van der Waals surface area (Å²) < 4.78 is 6.34. The maximum atomic E-state index is 12.7. The lowest BCUT2D eigenvalue weighted by atomic mass is 10.1. The fourth-order valence-electron chi connectivity index (χ4n) is 3.66. The van der Waals surface area contributed by atoms with E-state index >= 15 is 0 Å². The quantitative estimate of drug-likeness (QED) is 0.255. The molecule has 0 saturated carbocycles. The fourth-order valence-corrected chi connectivity index (χ4v) is 3.93. The first-order chi connectivity index (χ1) is 18.2. The van der Waals surface area contributed by atoms with Crippen LogP contribution >= 0.6 is 15.9 Å². The number of nitrogens with zero attached hydrogens (tertiary/aromatic N) is 1. The Morgan fingerprint density at radius 2 is 1.58 bits per heavy atom. The third-order valence-corrected chi connectivity index (χ3v) is 6.32. The van der Waals surface area contributed by atoms with Crippen molar-refractivity contribution < 1.29 is 23.9 Å². The molecule has 2 aromatic rings. The highest BCUT2D eigenvalue weighted by atomic mass is 79.9. The Balaban J connectivity index is 1.83. The first-order valence-corrected chi connectivity index (χ1v) is 13.6. The minimum Gasteiger partial charge on any atom is -0.445 e. The van der Waals surface area contributed by atoms with Crippen LogP contribution in [0, 0.1) is 0 Å². The summed E-state index contributed by atoms with van der Waals surface area (Å²) in [5.74, 6) is -1.50. The van der Waals surface area contributed by atoms with E-state index < -0.39 is 23.9 Å². The Hall–Kier alpha value is -3.40. The number of nitrogens with one attached hydrogen (secondary N) is 2. The van der Waals surface area contributed by atoms with Crippen molar-refractivity contribution in [3.05, 3.63) is 64.1 Å². The van der Waals surface area contributed by atoms with E-state index in [0.29, 0.717) is 12.2 Å². The minimum absolute atomic E-state index is 0.0658. The second kappa shape index (κ2) is 16.4. The van der Waals surface area contributed by atoms with E-state index in [0.717, 1.165) is 47.7 Å². The van der Waals surface area contributed by atoms with Gasteiger partial charge in [0.15, 0.2) is 0 Å². The number of nitrogens with two attached hydrogens (primary N) is 1. The van der Waals surface area contributed by atoms with Crippen LogP contribution in [0.2, 0.25) is 0 Å². The molecule has 0 aromatic heterocycles. The van der Waals surface area contributed by atoms with Crippen molar-refractivity contribution in [3.63, 3.8) is 0 Å². The summed E-state index contributed by atoms with van der Waals surface area (Å²) in [6, 6.07) is 13.4. The Labute approximate surface area is 232 Å². The van der Waals surface area contributed by atoms with Crippen molar-refractivity contribution in [2.75, 3.05) is 12.4 Å². The van der Waals surface area contributed by atoms with Gasteiger partial charge in [-0.3, -0.25) is 14.4 Å². The molecule has 0 unspecified atom stereocenters. The van der Waals surface area contributed by atoms with E-state index in [9.17, 15) is 19.2 Å². The highest BCUT2D eigenvalue weighted by Gasteiger charge is 2.23. The largest absolute Gasteiger partial charge is 0.445 e. The van der Waals surface area contributed by atoms with Gasteiger partial charge in [0.25, 0.3) is 0 Å². The van der Waals surface area contributed by atoms with Gasteiger partial charge in [0.2, 0.25) is 17.7 Å². The van der Waals surface area contributed by atoms with Crippen LogP contribution in [0.25, 0.3) is 0 Å². The third kappa shape index (κ3) is 11.8. The summed E-state index contributed by atoms with van der Waals surface area (Å²) >= 11 is 3.39. The summed E-state index contributed by atoms with van der Waals surface area (Å²) in [6.45, 7) is 2.60. The molecule has 0 bridgehead atoms. The highest BCUT2D eigenvalue weighted by molar-refractivity contribution is 9.10. The predicted octanol–water partition coefficient (Wildman–Crippen LogP) is 4.88. The lowest BCUT2D eigenvalue weighted by molar-refractivity contribution is -0.128. The Bertz CT molecular complexity index is 1060. The Morgan fingerprint density at radius 1 is 0.947 bits per heavy atom. The van der Waals surface area contributed by atoms with E-state index in [1.165, 1.54) is 4.90 Å². The second-order valence-corrected chi connectivity index (χ2v) is 10.1. The molecule has 0 heterocycles. The standard InChI is InChI=1S/C28H37BrN4O5/c1-3-4-5-6-7-8-26(35)32-24(17-25(30)34)27(36)31-23-15-11-21(12-16-23)19-38-28(37)33(2)18-20-9-13-22(29)14-10-20/h9-16,24H,3-8,17-19H2,1-2H3,(H2,30,34)(H,31,36)(H,32,35)/t24-/m1/s1. The van der Waals surface area contributed by atoms with Gasteiger partial charge in [-0.05, 0) is 41.8 Å². The maximum absolute atomic E-state index is 12.7. The average molecular weight is 590 g/mol. The molecule has 0 fully saturated rings. The summed E-state index contributed by atoms with van der Waals surface area (Å²) in [5, 5.41) is 5.32. The molecule has 4 amide bonds. The molecule has 0 spiro atoms. The van der Waals surface area contributed by atoms with Gasteiger partial charge in [-0.15, -0.1) is 0 Å². The number of benzene rings is 2. The molecule has 206 valence electrons. The molecule has 0 aliphatic heterocycles. The molecule has 2 rings (SSSR count). The van der Waals surface area contributed by atoms with E-state index in [-0.39, 0.29) is 25.4 Å². The molecule has 1 atom stereocenters. The third-order valence-electron chi connectivity index (χ3n) is 5.79. The first-order valence-electron chi connectivity index (χ1n) is 12.8. The topological polar surface area (TPSA) is 131 Å². The van der Waals surface area contributed by atoms with Crippen LogP contribution in [0.1, 0.15) is 63.0 Å². The van der Waals surface area contributed by atoms with E-state index in [1.807, 2.05) is 24.3 Å². The Morgan fingerprint density at radius 3 is 2.21 bits per heavy atom. The van der Waals surface area contributed by atoms with Gasteiger partial charge >= 0.3 is 6.09 Å². The van der Waals surface area contributed by atoms with Crippen molar-refractivity contribution in [2.45, 2.75) is 71.1 Å². The van der Waals surface area contributed by atoms with Gasteiger partial charge in [0.1, 0.15) is 12.6 Å². The summed E-state index contributed by atoms with van der Waals surface area (Å²) in [4.78, 5) is 50.3. The van der Waals surface area contributed by atoms with Crippen LogP contribution < -0.4 is 16.4 Å². The van der Waals surface area contributed by atoms with Gasteiger partial charge in [-0.2, -0.15) is 0 Å². The van der Waals surface area contributed by atoms with Crippen LogP contribution in [0.3, 0.4) is 0 Å². The number of anilines is 1. The second-order valence-electron chi connectivity index (χ2n) is 9.18. The highest BCUT2D eigenvalue weighted by Crippen LogP contribution is 2.14. The average Bonchev–Trinajstić information content (AvgIpc) is 2.88. The van der Waals surface area contributed by atoms with Gasteiger partial charge in [-0.25, -0.2) is 4.79 Å². The zero-order valence-corrected chi connectivity index (χ0v) is 23.6. The molecular formula is C28H37BrN4O5. The van der Waals surface area contributed by atoms with Gasteiger partial charge in [-0.1, -0.05) is 72.8 Å². The monoisotopic (exact) mass is 588 g/mol. The minimum atomic E-state index is -1.06. The van der Waals surface area contributed by atoms with Crippen LogP contribution in [-0.2, 0) is 32.3 Å². The SMILES string of the molecule is CCCCCCCC(=O)N[C@H](CC(N)=O)C(=O)Nc1ccc(COC(=O)N(C)Cc2ccc(Br)cc2)cc1. The van der Waals surface area contributed by atoms with Crippen molar-refractivity contribution in [1.82, 2.24) is 10.2 Å². The molecule has 10 heteroatoms. The van der Waals surface area contributed by atoms with Crippen molar-refractivity contribution in [3.8, 4) is 0 Å². The van der Waals surface area contributed by atoms with Crippen LogP contribution in [0.5, 0.6) is 0 Å². The number of primary amides is 1. The van der Waals surface area contributed by atoms with Crippen LogP contribution in [0.15, 0.2) is 53.0 Å². The number of ether oxygens (including phenoxy) is 1. The van der Waals surface area contributed by atoms with Crippen molar-refractivity contribution >= 4 is 45.4 Å². The molecule has 0 aliphatic carbocycles. The molecule has 2 aromatic carbocycles. The normalized spacial score (nSPS) is 11.3. The number of hydrogen-bond donors (Lipinski definition) is 3. The summed E-state index contributed by atoms with van der Waals surface area (Å²) in [6.07, 6.45) is 4.50. The van der Waals surface area contributed by atoms with Gasteiger partial charge in [0, 0.05) is 30.2 Å². The smallest absolute Gasteiger partial charge is 0.410 e. The van der Waals surface area contributed by atoms with E-state index in [4.69, 9.17) is 10.5 Å². The molecule has 4 N–H and O–H groups in total. The predicted molar refractivity (Wildman–Crippen MR) is 150 cm³/mol. The molecule has 0 aliphatic rings. The number of rotatable bonds is 15.